The van der Waals surface area contributed by atoms with E-state index in [1.165, 1.54) is 30.3 Å². The van der Waals surface area contributed by atoms with Gasteiger partial charge >= 0.3 is 0 Å². The highest BCUT2D eigenvalue weighted by molar-refractivity contribution is 5.67. The predicted octanol–water partition coefficient (Wildman–Crippen LogP) is 8.52. The summed E-state index contributed by atoms with van der Waals surface area (Å²) in [7, 11) is 0. The molecular formula is C30H28F6O2. The van der Waals surface area contributed by atoms with E-state index in [0.29, 0.717) is 19.3 Å². The van der Waals surface area contributed by atoms with Gasteiger partial charge in [0.1, 0.15) is 0 Å². The number of ether oxygens (including phenoxy) is 2. The van der Waals surface area contributed by atoms with Gasteiger partial charge in [-0.15, -0.1) is 0 Å². The Morgan fingerprint density at radius 2 is 1.53 bits per heavy atom. The van der Waals surface area contributed by atoms with Crippen LogP contribution in [0.1, 0.15) is 55.7 Å². The molecule has 1 aliphatic heterocycles. The average molecular weight is 535 g/mol. The van der Waals surface area contributed by atoms with Crippen LogP contribution in [-0.4, -0.2) is 19.3 Å². The Balaban J connectivity index is 1.42. The Kier molecular flexibility index (Phi) is 8.82. The molecule has 8 heteroatoms. The van der Waals surface area contributed by atoms with Crippen LogP contribution >= 0.6 is 0 Å². The first-order valence-electron chi connectivity index (χ1n) is 12.6. The minimum Gasteiger partial charge on any atom is -0.491 e. The van der Waals surface area contributed by atoms with Gasteiger partial charge in [-0.05, 0) is 62.8 Å². The fourth-order valence-electron chi connectivity index (χ4n) is 4.80. The molecule has 3 aromatic carbocycles. The molecule has 2 atom stereocenters. The van der Waals surface area contributed by atoms with Crippen molar-refractivity contribution in [2.75, 3.05) is 13.2 Å². The Hall–Kier alpha value is -3.26. The van der Waals surface area contributed by atoms with E-state index < -0.39 is 51.9 Å². The van der Waals surface area contributed by atoms with E-state index in [-0.39, 0.29) is 48.2 Å². The molecule has 0 radical (unpaired) electrons. The van der Waals surface area contributed by atoms with Gasteiger partial charge in [0.2, 0.25) is 5.82 Å². The summed E-state index contributed by atoms with van der Waals surface area (Å²) in [6.07, 6.45) is 4.62. The normalized spacial score (nSPS) is 17.8. The Labute approximate surface area is 217 Å². The molecule has 0 saturated carbocycles. The van der Waals surface area contributed by atoms with Gasteiger partial charge in [-0.25, -0.2) is 22.0 Å². The number of halogens is 6. The SMILES string of the molecule is C/C=C/c1ccc(CCC2CCC(c3ccc(-c4ccc(OCC)c(F)c4F)c(F)c3F)CO2)c(F)c1F. The van der Waals surface area contributed by atoms with Crippen molar-refractivity contribution in [3.8, 4) is 16.9 Å². The molecule has 0 N–H and O–H groups in total. The van der Waals surface area contributed by atoms with Crippen molar-refractivity contribution >= 4 is 6.08 Å². The molecule has 1 heterocycles. The maximum atomic E-state index is 15.0. The van der Waals surface area contributed by atoms with E-state index in [9.17, 15) is 22.0 Å². The summed E-state index contributed by atoms with van der Waals surface area (Å²) in [6.45, 7) is 3.57. The number of aryl methyl sites for hydroxylation is 1. The summed E-state index contributed by atoms with van der Waals surface area (Å²) in [5.74, 6) is -7.51. The lowest BCUT2D eigenvalue weighted by molar-refractivity contribution is -0.00137. The molecule has 1 saturated heterocycles. The Morgan fingerprint density at radius 1 is 0.816 bits per heavy atom. The molecule has 2 unspecified atom stereocenters. The monoisotopic (exact) mass is 534 g/mol. The Bertz CT molecular complexity index is 1330. The third-order valence-electron chi connectivity index (χ3n) is 6.83. The van der Waals surface area contributed by atoms with Crippen LogP contribution in [0.15, 0.2) is 42.5 Å². The second-order valence-electron chi connectivity index (χ2n) is 9.21. The number of rotatable bonds is 8. The number of hydrogen-bond acceptors (Lipinski definition) is 2. The van der Waals surface area contributed by atoms with E-state index in [1.807, 2.05) is 0 Å². The van der Waals surface area contributed by atoms with E-state index in [2.05, 4.69) is 0 Å². The zero-order valence-corrected chi connectivity index (χ0v) is 21.1. The first kappa shape index (κ1) is 27.8. The highest BCUT2D eigenvalue weighted by Crippen LogP contribution is 2.37. The molecule has 0 aromatic heterocycles. The molecule has 0 aliphatic carbocycles. The topological polar surface area (TPSA) is 18.5 Å². The summed E-state index contributed by atoms with van der Waals surface area (Å²) in [5.41, 5.74) is -0.278. The van der Waals surface area contributed by atoms with Gasteiger partial charge in [-0.2, -0.15) is 4.39 Å². The van der Waals surface area contributed by atoms with Crippen LogP contribution in [0, 0.1) is 34.9 Å². The molecule has 4 rings (SSSR count). The second kappa shape index (κ2) is 12.1. The van der Waals surface area contributed by atoms with E-state index >= 15 is 4.39 Å². The summed E-state index contributed by atoms with van der Waals surface area (Å²) >= 11 is 0. The van der Waals surface area contributed by atoms with Crippen molar-refractivity contribution in [1.29, 1.82) is 0 Å². The minimum atomic E-state index is -1.32. The average Bonchev–Trinajstić information content (AvgIpc) is 2.92. The quantitative estimate of drug-likeness (QED) is 0.270. The van der Waals surface area contributed by atoms with Gasteiger partial charge in [0.15, 0.2) is 34.8 Å². The summed E-state index contributed by atoms with van der Waals surface area (Å²) in [4.78, 5) is 0. The van der Waals surface area contributed by atoms with Crippen LogP contribution in [0.5, 0.6) is 5.75 Å². The summed E-state index contributed by atoms with van der Waals surface area (Å²) in [6, 6.07) is 8.00. The van der Waals surface area contributed by atoms with Gasteiger partial charge in [0.25, 0.3) is 0 Å². The maximum Gasteiger partial charge on any atom is 0.201 e. The third kappa shape index (κ3) is 5.60. The number of hydrogen-bond donors (Lipinski definition) is 0. The zero-order valence-electron chi connectivity index (χ0n) is 21.1. The number of benzene rings is 3. The molecule has 1 aliphatic rings. The zero-order chi connectivity index (χ0) is 27.4. The van der Waals surface area contributed by atoms with Crippen molar-refractivity contribution in [2.24, 2.45) is 0 Å². The lowest BCUT2D eigenvalue weighted by Crippen LogP contribution is -2.26. The van der Waals surface area contributed by atoms with Gasteiger partial charge in [-0.1, -0.05) is 36.4 Å². The highest BCUT2D eigenvalue weighted by atomic mass is 19.2. The van der Waals surface area contributed by atoms with Crippen molar-refractivity contribution in [3.63, 3.8) is 0 Å². The second-order valence-corrected chi connectivity index (χ2v) is 9.21. The smallest absolute Gasteiger partial charge is 0.201 e. The molecule has 0 spiro atoms. The highest BCUT2D eigenvalue weighted by Gasteiger charge is 2.28. The van der Waals surface area contributed by atoms with Crippen molar-refractivity contribution < 1.29 is 35.8 Å². The minimum absolute atomic E-state index is 0.0872. The molecule has 2 nitrogen and oxygen atoms in total. The first-order valence-corrected chi connectivity index (χ1v) is 12.6. The van der Waals surface area contributed by atoms with Crippen LogP contribution in [0.2, 0.25) is 0 Å². The van der Waals surface area contributed by atoms with Crippen LogP contribution in [0.25, 0.3) is 17.2 Å². The van der Waals surface area contributed by atoms with Crippen molar-refractivity contribution in [3.05, 3.63) is 94.1 Å². The van der Waals surface area contributed by atoms with Gasteiger partial charge < -0.3 is 9.47 Å². The maximum absolute atomic E-state index is 15.0. The van der Waals surface area contributed by atoms with E-state index in [0.717, 1.165) is 6.07 Å². The van der Waals surface area contributed by atoms with Crippen LogP contribution in [0.3, 0.4) is 0 Å². The van der Waals surface area contributed by atoms with Crippen molar-refractivity contribution in [1.82, 2.24) is 0 Å². The van der Waals surface area contributed by atoms with E-state index in [4.69, 9.17) is 9.47 Å². The summed E-state index contributed by atoms with van der Waals surface area (Å²) in [5, 5.41) is 0. The predicted molar refractivity (Wildman–Crippen MR) is 134 cm³/mol. The Morgan fingerprint density at radius 3 is 2.18 bits per heavy atom. The molecule has 3 aromatic rings. The number of allylic oxidation sites excluding steroid dienone is 1. The molecule has 0 amide bonds. The molecule has 1 fully saturated rings. The molecular weight excluding hydrogens is 506 g/mol. The first-order chi connectivity index (χ1) is 18.3. The molecule has 0 bridgehead atoms. The van der Waals surface area contributed by atoms with Crippen LogP contribution in [0.4, 0.5) is 26.3 Å². The van der Waals surface area contributed by atoms with Gasteiger partial charge in [0, 0.05) is 22.6 Å². The third-order valence-corrected chi connectivity index (χ3v) is 6.83. The summed E-state index contributed by atoms with van der Waals surface area (Å²) < 4.78 is 98.3. The fraction of sp³-hybridized carbons (Fsp3) is 0.333. The van der Waals surface area contributed by atoms with Crippen LogP contribution < -0.4 is 4.74 Å². The standard InChI is InChI=1S/C30H28F6O2/c1-3-5-17-6-7-18(26(32)25(17)31)8-10-20-11-9-19(16-38-20)21-12-13-22(28(34)27(21)33)23-14-15-24(37-4-2)30(36)29(23)35/h3,5-7,12-15,19-20H,4,8-11,16H2,1-2H3/b5-3+. The molecule has 38 heavy (non-hydrogen) atoms. The van der Waals surface area contributed by atoms with E-state index in [1.54, 1.807) is 26.0 Å². The van der Waals surface area contributed by atoms with Gasteiger partial charge in [-0.3, -0.25) is 0 Å². The van der Waals surface area contributed by atoms with Crippen LogP contribution in [-0.2, 0) is 11.2 Å². The molecule has 202 valence electrons. The fourth-order valence-corrected chi connectivity index (χ4v) is 4.80. The van der Waals surface area contributed by atoms with Crippen molar-refractivity contribution in [2.45, 2.75) is 51.6 Å². The largest absolute Gasteiger partial charge is 0.491 e. The van der Waals surface area contributed by atoms with Gasteiger partial charge in [0.05, 0.1) is 19.3 Å². The lowest BCUT2D eigenvalue weighted by atomic mass is 9.88. The lowest BCUT2D eigenvalue weighted by Gasteiger charge is -2.30.